The van der Waals surface area contributed by atoms with Gasteiger partial charge in [0.2, 0.25) is 0 Å². The van der Waals surface area contributed by atoms with Crippen LogP contribution in [0.25, 0.3) is 10.6 Å². The first-order valence-corrected chi connectivity index (χ1v) is 12.7. The van der Waals surface area contributed by atoms with Gasteiger partial charge in [-0.25, -0.2) is 8.42 Å². The number of halogens is 6. The first-order chi connectivity index (χ1) is 16.6. The van der Waals surface area contributed by atoms with Gasteiger partial charge in [-0.3, -0.25) is 9.40 Å². The number of anilines is 1. The van der Waals surface area contributed by atoms with Gasteiger partial charge >= 0.3 is 12.4 Å². The molecule has 1 saturated heterocycles. The second kappa shape index (κ2) is 9.27. The molecule has 7 nitrogen and oxygen atoms in total. The van der Waals surface area contributed by atoms with E-state index in [1.165, 1.54) is 12.1 Å². The lowest BCUT2D eigenvalue weighted by Crippen LogP contribution is -2.23. The summed E-state index contributed by atoms with van der Waals surface area (Å²) in [5.74, 6) is -0.497. The summed E-state index contributed by atoms with van der Waals surface area (Å²) >= 11 is 0.672. The van der Waals surface area contributed by atoms with Crippen LogP contribution in [0.4, 0.5) is 32.0 Å². The molecule has 0 unspecified atom stereocenters. The van der Waals surface area contributed by atoms with Crippen molar-refractivity contribution in [3.8, 4) is 16.3 Å². The number of aryl methyl sites for hydroxylation is 1. The maximum Gasteiger partial charge on any atom is 0.433 e. The van der Waals surface area contributed by atoms with Crippen molar-refractivity contribution in [2.45, 2.75) is 29.1 Å². The quantitative estimate of drug-likeness (QED) is 0.431. The highest BCUT2D eigenvalue weighted by molar-refractivity contribution is 7.94. The fourth-order valence-electron chi connectivity index (χ4n) is 3.75. The van der Waals surface area contributed by atoms with Gasteiger partial charge in [0.05, 0.1) is 16.1 Å². The average molecular weight is 555 g/mol. The minimum atomic E-state index is -4.71. The van der Waals surface area contributed by atoms with Crippen molar-refractivity contribution in [3.05, 3.63) is 47.7 Å². The van der Waals surface area contributed by atoms with Crippen LogP contribution in [0.3, 0.4) is 0 Å². The molecule has 0 bridgehead atoms. The van der Waals surface area contributed by atoms with E-state index < -0.39 is 45.5 Å². The monoisotopic (exact) mass is 554 g/mol. The summed E-state index contributed by atoms with van der Waals surface area (Å²) in [5, 5.41) is 3.79. The van der Waals surface area contributed by atoms with Crippen molar-refractivity contribution in [1.29, 1.82) is 0 Å². The summed E-state index contributed by atoms with van der Waals surface area (Å²) in [4.78, 5) is 2.07. The molecule has 36 heavy (non-hydrogen) atoms. The third-order valence-electron chi connectivity index (χ3n) is 5.45. The lowest BCUT2D eigenvalue weighted by molar-refractivity contribution is -0.143. The van der Waals surface area contributed by atoms with Gasteiger partial charge in [0.25, 0.3) is 10.0 Å². The number of benzene rings is 1. The first kappa shape index (κ1) is 26.3. The average Bonchev–Trinajstić information content (AvgIpc) is 3.46. The molecule has 1 aliphatic rings. The number of hydrogen-bond donors (Lipinski definition) is 1. The van der Waals surface area contributed by atoms with Crippen molar-refractivity contribution < 1.29 is 39.5 Å². The Morgan fingerprint density at radius 3 is 2.36 bits per heavy atom. The van der Waals surface area contributed by atoms with Crippen LogP contribution >= 0.6 is 11.3 Å². The van der Waals surface area contributed by atoms with Crippen LogP contribution in [0, 0.1) is 0 Å². The fraction of sp³-hybridized carbons (Fsp3) is 0.381. The molecule has 0 amide bonds. The zero-order chi connectivity index (χ0) is 26.5. The summed E-state index contributed by atoms with van der Waals surface area (Å²) in [6.07, 6.45) is -9.31. The predicted molar refractivity (Wildman–Crippen MR) is 120 cm³/mol. The number of hydrogen-bond acceptors (Lipinski definition) is 6. The third-order valence-corrected chi connectivity index (χ3v) is 8.43. The zero-order valence-corrected chi connectivity index (χ0v) is 20.4. The number of ether oxygens (including phenoxy) is 1. The van der Waals surface area contributed by atoms with E-state index in [-0.39, 0.29) is 20.5 Å². The number of likely N-dealkylation sites (tertiary alicyclic amines) is 1. The Labute approximate surface area is 206 Å². The molecule has 196 valence electrons. The van der Waals surface area contributed by atoms with Crippen LogP contribution in [0.5, 0.6) is 5.75 Å². The summed E-state index contributed by atoms with van der Waals surface area (Å²) in [6, 6.07) is 5.96. The number of sulfonamides is 1. The summed E-state index contributed by atoms with van der Waals surface area (Å²) in [7, 11) is -1.34. The van der Waals surface area contributed by atoms with E-state index in [2.05, 4.69) is 9.82 Å². The van der Waals surface area contributed by atoms with Crippen LogP contribution < -0.4 is 9.46 Å². The Kier molecular flexibility index (Phi) is 6.77. The minimum Gasteiger partial charge on any atom is -0.488 e. The maximum absolute atomic E-state index is 13.5. The lowest BCUT2D eigenvalue weighted by Gasteiger charge is -2.19. The van der Waals surface area contributed by atoms with Crippen molar-refractivity contribution >= 4 is 27.0 Å². The molecular formula is C21H20F6N4O3S2. The Morgan fingerprint density at radius 2 is 1.78 bits per heavy atom. The Morgan fingerprint density at radius 1 is 1.06 bits per heavy atom. The number of thiophene rings is 1. The predicted octanol–water partition coefficient (Wildman–Crippen LogP) is 5.07. The molecule has 1 N–H and O–H groups in total. The van der Waals surface area contributed by atoms with E-state index >= 15 is 0 Å². The molecule has 3 heterocycles. The second-order valence-corrected chi connectivity index (χ2v) is 11.3. The van der Waals surface area contributed by atoms with E-state index in [1.807, 2.05) is 11.9 Å². The third kappa shape index (κ3) is 5.62. The van der Waals surface area contributed by atoms with E-state index in [4.69, 9.17) is 4.74 Å². The summed E-state index contributed by atoms with van der Waals surface area (Å²) in [5.41, 5.74) is -2.26. The van der Waals surface area contributed by atoms with Crippen LogP contribution in [-0.2, 0) is 29.4 Å². The highest BCUT2D eigenvalue weighted by Crippen LogP contribution is 2.40. The molecule has 15 heteroatoms. The molecular weight excluding hydrogens is 534 g/mol. The number of nitrogens with zero attached hydrogens (tertiary/aromatic N) is 3. The van der Waals surface area contributed by atoms with E-state index in [9.17, 15) is 34.8 Å². The number of rotatable bonds is 6. The Bertz CT molecular complexity index is 1360. The van der Waals surface area contributed by atoms with Crippen LogP contribution in [-0.4, -0.2) is 49.3 Å². The van der Waals surface area contributed by atoms with Gasteiger partial charge in [-0.1, -0.05) is 0 Å². The largest absolute Gasteiger partial charge is 0.488 e. The van der Waals surface area contributed by atoms with E-state index in [0.717, 1.165) is 31.3 Å². The highest BCUT2D eigenvalue weighted by Gasteiger charge is 2.37. The highest BCUT2D eigenvalue weighted by atomic mass is 32.2. The number of nitrogens with one attached hydrogen (secondary N) is 1. The lowest BCUT2D eigenvalue weighted by atomic mass is 10.1. The van der Waals surface area contributed by atoms with Gasteiger partial charge in [0.1, 0.15) is 27.5 Å². The topological polar surface area (TPSA) is 76.5 Å². The molecule has 3 aromatic rings. The van der Waals surface area contributed by atoms with Gasteiger partial charge in [-0.15, -0.1) is 11.3 Å². The van der Waals surface area contributed by atoms with Crippen LogP contribution in [0.2, 0.25) is 0 Å². The minimum absolute atomic E-state index is 0.0666. The summed E-state index contributed by atoms with van der Waals surface area (Å²) in [6.45, 7) is 1.08. The van der Waals surface area contributed by atoms with Crippen molar-refractivity contribution in [2.24, 2.45) is 7.05 Å². The van der Waals surface area contributed by atoms with Crippen molar-refractivity contribution in [1.82, 2.24) is 14.7 Å². The van der Waals surface area contributed by atoms with Gasteiger partial charge in [0, 0.05) is 26.2 Å². The van der Waals surface area contributed by atoms with Gasteiger partial charge in [-0.2, -0.15) is 31.4 Å². The number of likely N-dealkylation sites (N-methyl/N-ethyl adjacent to an activating group) is 1. The molecule has 1 aliphatic heterocycles. The number of alkyl halides is 6. The van der Waals surface area contributed by atoms with Crippen LogP contribution in [0.15, 0.2) is 40.6 Å². The molecule has 1 fully saturated rings. The van der Waals surface area contributed by atoms with Gasteiger partial charge < -0.3 is 9.64 Å². The molecule has 1 aromatic carbocycles. The second-order valence-electron chi connectivity index (χ2n) is 8.26. The molecule has 0 saturated carbocycles. The van der Waals surface area contributed by atoms with Crippen molar-refractivity contribution in [2.75, 3.05) is 24.9 Å². The summed E-state index contributed by atoms with van der Waals surface area (Å²) < 4.78 is 114. The molecule has 1 atom stereocenters. The SMILES string of the molecule is CN1CC[C@@H](Oc2cc(NS(=O)(=O)c3ccc(-c4cc(C(F)(F)F)n(C)n4)s3)ccc2C(F)(F)F)C1. The van der Waals surface area contributed by atoms with Gasteiger partial charge in [0.15, 0.2) is 0 Å². The normalized spacial score (nSPS) is 17.5. The molecule has 2 aromatic heterocycles. The standard InChI is InChI=1S/C21H20F6N4O3S2/c1-30-8-7-13(11-30)34-16-9-12(3-4-14(16)20(22,23)24)29-36(32,33)19-6-5-17(35-19)15-10-18(21(25,26)27)31(2)28-15/h3-6,9-10,13,29H,7-8,11H2,1-2H3/t13-/m1/s1. The van der Waals surface area contributed by atoms with E-state index in [1.54, 1.807) is 0 Å². The zero-order valence-electron chi connectivity index (χ0n) is 18.8. The molecule has 4 rings (SSSR count). The number of aromatic nitrogens is 2. The van der Waals surface area contributed by atoms with Crippen molar-refractivity contribution in [3.63, 3.8) is 0 Å². The molecule has 0 spiro atoms. The maximum atomic E-state index is 13.5. The van der Waals surface area contributed by atoms with Crippen LogP contribution in [0.1, 0.15) is 17.7 Å². The Balaban J connectivity index is 1.59. The Hall–Kier alpha value is -2.78. The molecule has 0 radical (unpaired) electrons. The fourth-order valence-corrected chi connectivity index (χ4v) is 6.06. The first-order valence-electron chi connectivity index (χ1n) is 10.4. The van der Waals surface area contributed by atoms with E-state index in [0.29, 0.717) is 35.5 Å². The van der Waals surface area contributed by atoms with Gasteiger partial charge in [-0.05, 0) is 43.8 Å². The molecule has 0 aliphatic carbocycles. The smallest absolute Gasteiger partial charge is 0.433 e.